The average Bonchev–Trinajstić information content (AvgIpc) is 3.21. The minimum atomic E-state index is 0.0175. The van der Waals surface area contributed by atoms with Crippen LogP contribution < -0.4 is 5.32 Å². The van der Waals surface area contributed by atoms with E-state index in [0.717, 1.165) is 54.6 Å². The molecule has 1 atom stereocenters. The first-order valence-electron chi connectivity index (χ1n) is 9.13. The molecule has 1 aliphatic heterocycles. The molecule has 1 aliphatic rings. The zero-order valence-corrected chi connectivity index (χ0v) is 16.0. The van der Waals surface area contributed by atoms with Gasteiger partial charge in [0.2, 0.25) is 0 Å². The van der Waals surface area contributed by atoms with E-state index in [9.17, 15) is 0 Å². The molecule has 0 saturated carbocycles. The van der Waals surface area contributed by atoms with Gasteiger partial charge in [0.05, 0.1) is 25.0 Å². The lowest BCUT2D eigenvalue weighted by atomic mass is 10.1. The van der Waals surface area contributed by atoms with Gasteiger partial charge in [-0.3, -0.25) is 9.67 Å². The van der Waals surface area contributed by atoms with Crippen LogP contribution in [0.3, 0.4) is 0 Å². The Hall–Kier alpha value is -2.35. The van der Waals surface area contributed by atoms with Crippen molar-refractivity contribution in [3.63, 3.8) is 0 Å². The molecule has 1 N–H and O–H groups in total. The highest BCUT2D eigenvalue weighted by atomic mass is 16.5. The second-order valence-electron chi connectivity index (χ2n) is 6.54. The Balaban J connectivity index is 1.66. The molecule has 2 aromatic rings. The fourth-order valence-corrected chi connectivity index (χ4v) is 3.21. The maximum Gasteiger partial charge on any atom is 0.194 e. The predicted molar refractivity (Wildman–Crippen MR) is 99.1 cm³/mol. The highest BCUT2D eigenvalue weighted by Crippen LogP contribution is 2.21. The lowest BCUT2D eigenvalue weighted by Crippen LogP contribution is -2.48. The highest BCUT2D eigenvalue weighted by molar-refractivity contribution is 5.80. The minimum Gasteiger partial charge on any atom is -0.370 e. The topological polar surface area (TPSA) is 80.7 Å². The molecule has 1 saturated heterocycles. The summed E-state index contributed by atoms with van der Waals surface area (Å²) in [6.07, 6.45) is 4.72. The number of aromatic nitrogens is 3. The van der Waals surface area contributed by atoms with E-state index in [1.807, 2.05) is 33.3 Å². The summed E-state index contributed by atoms with van der Waals surface area (Å²) in [6, 6.07) is 0. The Bertz CT molecular complexity index is 731. The molecule has 8 heteroatoms. The van der Waals surface area contributed by atoms with Crippen LogP contribution in [0.15, 0.2) is 21.9 Å². The van der Waals surface area contributed by atoms with E-state index in [1.165, 1.54) is 0 Å². The molecule has 0 spiro atoms. The van der Waals surface area contributed by atoms with Crippen LogP contribution in [0.4, 0.5) is 0 Å². The van der Waals surface area contributed by atoms with Gasteiger partial charge in [0.25, 0.3) is 0 Å². The number of aliphatic imine (C=N–C) groups is 1. The number of ether oxygens (including phenoxy) is 1. The van der Waals surface area contributed by atoms with Gasteiger partial charge in [-0.1, -0.05) is 5.16 Å². The molecule has 0 aliphatic carbocycles. The summed E-state index contributed by atoms with van der Waals surface area (Å²) in [4.78, 5) is 7.08. The van der Waals surface area contributed by atoms with Gasteiger partial charge >= 0.3 is 0 Å². The first-order valence-corrected chi connectivity index (χ1v) is 9.13. The van der Waals surface area contributed by atoms with Crippen molar-refractivity contribution >= 4 is 5.96 Å². The van der Waals surface area contributed by atoms with E-state index in [0.29, 0.717) is 13.2 Å². The van der Waals surface area contributed by atoms with Crippen LogP contribution in [0.1, 0.15) is 35.6 Å². The van der Waals surface area contributed by atoms with Gasteiger partial charge in [0.1, 0.15) is 11.9 Å². The molecule has 2 aromatic heterocycles. The number of guanidine groups is 1. The molecule has 0 radical (unpaired) electrons. The molecule has 0 bridgehead atoms. The molecule has 1 unspecified atom stereocenters. The molecular formula is C18H28N6O2. The summed E-state index contributed by atoms with van der Waals surface area (Å²) in [6.45, 7) is 9.80. The Labute approximate surface area is 154 Å². The van der Waals surface area contributed by atoms with Crippen molar-refractivity contribution in [2.75, 3.05) is 32.8 Å². The summed E-state index contributed by atoms with van der Waals surface area (Å²) in [5, 5.41) is 11.7. The Morgan fingerprint density at radius 3 is 2.92 bits per heavy atom. The Kier molecular flexibility index (Phi) is 5.92. The summed E-state index contributed by atoms with van der Waals surface area (Å²) >= 11 is 0. The van der Waals surface area contributed by atoms with Crippen molar-refractivity contribution in [2.45, 2.75) is 33.3 Å². The summed E-state index contributed by atoms with van der Waals surface area (Å²) < 4.78 is 13.0. The van der Waals surface area contributed by atoms with Crippen molar-refractivity contribution < 1.29 is 9.26 Å². The van der Waals surface area contributed by atoms with Gasteiger partial charge in [0.15, 0.2) is 5.96 Å². The van der Waals surface area contributed by atoms with Crippen LogP contribution in [-0.4, -0.2) is 58.6 Å². The molecule has 0 amide bonds. The molecule has 0 aromatic carbocycles. The van der Waals surface area contributed by atoms with Gasteiger partial charge in [-0.15, -0.1) is 0 Å². The van der Waals surface area contributed by atoms with E-state index in [2.05, 4.69) is 27.4 Å². The molecular weight excluding hydrogens is 332 g/mol. The van der Waals surface area contributed by atoms with Crippen molar-refractivity contribution in [2.24, 2.45) is 12.0 Å². The fraction of sp³-hybridized carbons (Fsp3) is 0.611. The fourth-order valence-electron chi connectivity index (χ4n) is 3.21. The average molecular weight is 360 g/mol. The molecule has 1 fully saturated rings. The van der Waals surface area contributed by atoms with Crippen molar-refractivity contribution in [1.82, 2.24) is 25.2 Å². The third-order valence-electron chi connectivity index (χ3n) is 4.60. The van der Waals surface area contributed by atoms with Crippen molar-refractivity contribution in [1.29, 1.82) is 0 Å². The number of hydrogen-bond acceptors (Lipinski definition) is 5. The van der Waals surface area contributed by atoms with Crippen molar-refractivity contribution in [3.8, 4) is 0 Å². The third kappa shape index (κ3) is 4.24. The monoisotopic (exact) mass is 360 g/mol. The molecule has 3 rings (SSSR count). The van der Waals surface area contributed by atoms with E-state index >= 15 is 0 Å². The number of aryl methyl sites for hydroxylation is 3. The van der Waals surface area contributed by atoms with Crippen LogP contribution in [0, 0.1) is 13.8 Å². The lowest BCUT2D eigenvalue weighted by molar-refractivity contribution is -0.00803. The maximum atomic E-state index is 5.93. The third-order valence-corrected chi connectivity index (χ3v) is 4.60. The Morgan fingerprint density at radius 1 is 1.42 bits per heavy atom. The zero-order chi connectivity index (χ0) is 18.5. The smallest absolute Gasteiger partial charge is 0.194 e. The lowest BCUT2D eigenvalue weighted by Gasteiger charge is -2.34. The van der Waals surface area contributed by atoms with E-state index in [1.54, 1.807) is 4.68 Å². The number of nitrogens with zero attached hydrogens (tertiary/aromatic N) is 5. The normalized spacial score (nSPS) is 18.4. The largest absolute Gasteiger partial charge is 0.370 e. The van der Waals surface area contributed by atoms with Gasteiger partial charge in [-0.05, 0) is 27.2 Å². The zero-order valence-electron chi connectivity index (χ0n) is 16.0. The quantitative estimate of drug-likeness (QED) is 0.644. The second-order valence-corrected chi connectivity index (χ2v) is 6.54. The van der Waals surface area contributed by atoms with Gasteiger partial charge in [-0.25, -0.2) is 0 Å². The van der Waals surface area contributed by atoms with Gasteiger partial charge < -0.3 is 19.5 Å². The predicted octanol–water partition coefficient (Wildman–Crippen LogP) is 1.61. The minimum absolute atomic E-state index is 0.0175. The number of nitrogens with one attached hydrogen (secondary N) is 1. The van der Waals surface area contributed by atoms with Gasteiger partial charge in [-0.2, -0.15) is 5.10 Å². The number of hydrogen-bond donors (Lipinski definition) is 1. The molecule has 26 heavy (non-hydrogen) atoms. The summed E-state index contributed by atoms with van der Waals surface area (Å²) in [5.41, 5.74) is 3.20. The van der Waals surface area contributed by atoms with Crippen LogP contribution >= 0.6 is 0 Å². The first-order chi connectivity index (χ1) is 12.6. The number of rotatable bonds is 5. The van der Waals surface area contributed by atoms with Crippen LogP contribution in [-0.2, 0) is 18.2 Å². The van der Waals surface area contributed by atoms with Crippen LogP contribution in [0.2, 0.25) is 0 Å². The Morgan fingerprint density at radius 2 is 2.27 bits per heavy atom. The van der Waals surface area contributed by atoms with E-state index in [-0.39, 0.29) is 6.10 Å². The molecule has 3 heterocycles. The van der Waals surface area contributed by atoms with E-state index in [4.69, 9.17) is 14.3 Å². The first kappa shape index (κ1) is 18.4. The van der Waals surface area contributed by atoms with E-state index < -0.39 is 0 Å². The maximum absolute atomic E-state index is 5.93. The molecule has 8 nitrogen and oxygen atoms in total. The SMILES string of the molecule is CCNC(=NCCc1c(C)noc1C)N1CCOC(c2cnn(C)c2)C1. The number of morpholine rings is 1. The highest BCUT2D eigenvalue weighted by Gasteiger charge is 2.25. The summed E-state index contributed by atoms with van der Waals surface area (Å²) in [5.74, 6) is 1.81. The van der Waals surface area contributed by atoms with Crippen LogP contribution in [0.25, 0.3) is 0 Å². The molecule has 142 valence electrons. The van der Waals surface area contributed by atoms with Gasteiger partial charge in [0, 0.05) is 44.0 Å². The summed E-state index contributed by atoms with van der Waals surface area (Å²) in [7, 11) is 1.92. The van der Waals surface area contributed by atoms with Crippen LogP contribution in [0.5, 0.6) is 0 Å². The van der Waals surface area contributed by atoms with Crippen molar-refractivity contribution in [3.05, 3.63) is 35.0 Å². The second kappa shape index (κ2) is 8.35. The standard InChI is InChI=1S/C18H28N6O2/c1-5-19-18(20-7-6-16-13(2)22-26-14(16)3)24-8-9-25-17(12-24)15-10-21-23(4)11-15/h10-11,17H,5-9,12H2,1-4H3,(H,19,20).